The molecule has 0 rings (SSSR count). The first-order valence-electron chi connectivity index (χ1n) is 5.63. The van der Waals surface area contributed by atoms with Gasteiger partial charge in [0, 0.05) is 5.25 Å². The summed E-state index contributed by atoms with van der Waals surface area (Å²) in [5.74, 6) is 0. The zero-order chi connectivity index (χ0) is 12.1. The van der Waals surface area contributed by atoms with E-state index in [1.165, 1.54) is 0 Å². The van der Waals surface area contributed by atoms with Gasteiger partial charge in [0.1, 0.15) is 4.87 Å². The molecule has 0 aliphatic rings. The van der Waals surface area contributed by atoms with E-state index < -0.39 is 0 Å². The fourth-order valence-electron chi connectivity index (χ4n) is 1.29. The van der Waals surface area contributed by atoms with E-state index in [-0.39, 0.29) is 10.4 Å². The first-order chi connectivity index (χ1) is 6.68. The van der Waals surface area contributed by atoms with Crippen molar-refractivity contribution in [2.75, 3.05) is 0 Å². The van der Waals surface area contributed by atoms with E-state index in [0.717, 1.165) is 12.8 Å². The minimum Gasteiger partial charge on any atom is -0.187 e. The molecule has 3 heteroatoms. The molecule has 89 valence electrons. The van der Waals surface area contributed by atoms with Crippen LogP contribution in [0, 0.1) is 6.92 Å². The third kappa shape index (κ3) is 7.83. The molecule has 0 saturated heterocycles. The highest BCUT2D eigenvalue weighted by Crippen LogP contribution is 2.35. The molecule has 15 heavy (non-hydrogen) atoms. The summed E-state index contributed by atoms with van der Waals surface area (Å²) in [6.45, 7) is 16.7. The van der Waals surface area contributed by atoms with Crippen LogP contribution in [0.3, 0.4) is 0 Å². The second-order valence-electron chi connectivity index (χ2n) is 5.22. The first kappa shape index (κ1) is 14.9. The van der Waals surface area contributed by atoms with E-state index in [2.05, 4.69) is 58.7 Å². The summed E-state index contributed by atoms with van der Waals surface area (Å²) in [6, 6.07) is 0. The second kappa shape index (κ2) is 5.88. The fraction of sp³-hybridized carbons (Fsp3) is 0.917. The van der Waals surface area contributed by atoms with Gasteiger partial charge in [-0.2, -0.15) is 10.2 Å². The minimum absolute atomic E-state index is 0.0834. The second-order valence-corrected chi connectivity index (χ2v) is 7.14. The Labute approximate surface area is 99.3 Å². The molecule has 0 bridgehead atoms. The quantitative estimate of drug-likeness (QED) is 0.627. The van der Waals surface area contributed by atoms with Crippen molar-refractivity contribution in [2.24, 2.45) is 10.2 Å². The zero-order valence-corrected chi connectivity index (χ0v) is 11.8. The molecule has 0 fully saturated rings. The van der Waals surface area contributed by atoms with Crippen molar-refractivity contribution in [3.8, 4) is 0 Å². The monoisotopic (exact) mass is 229 g/mol. The fourth-order valence-corrected chi connectivity index (χ4v) is 2.56. The van der Waals surface area contributed by atoms with Gasteiger partial charge in [0.2, 0.25) is 0 Å². The van der Waals surface area contributed by atoms with Crippen molar-refractivity contribution >= 4 is 11.8 Å². The zero-order valence-electron chi connectivity index (χ0n) is 11.0. The van der Waals surface area contributed by atoms with Crippen LogP contribution in [0.2, 0.25) is 0 Å². The summed E-state index contributed by atoms with van der Waals surface area (Å²) < 4.78 is 0. The van der Waals surface area contributed by atoms with Crippen molar-refractivity contribution < 1.29 is 0 Å². The standard InChI is InChI=1S/C12H25N2S/c1-8-9-12(7,15-10(2)3)14-13-11(4,5)6/h10H,2,8-9H2,1,3-7H3/b14-13+. The molecule has 0 saturated carbocycles. The van der Waals surface area contributed by atoms with Gasteiger partial charge in [-0.05, 0) is 41.0 Å². The van der Waals surface area contributed by atoms with Gasteiger partial charge in [-0.3, -0.25) is 0 Å². The van der Waals surface area contributed by atoms with Gasteiger partial charge in [-0.25, -0.2) is 0 Å². The highest BCUT2D eigenvalue weighted by atomic mass is 32.2. The van der Waals surface area contributed by atoms with E-state index in [4.69, 9.17) is 0 Å². The number of hydrogen-bond donors (Lipinski definition) is 0. The Balaban J connectivity index is 4.57. The molecule has 2 nitrogen and oxygen atoms in total. The number of thioether (sulfide) groups is 1. The maximum absolute atomic E-state index is 4.50. The SMILES string of the molecule is [CH2]C(C)SC(C)(CCC)/N=N/C(C)(C)C. The van der Waals surface area contributed by atoms with Crippen molar-refractivity contribution in [3.05, 3.63) is 6.92 Å². The van der Waals surface area contributed by atoms with Crippen molar-refractivity contribution in [1.82, 2.24) is 0 Å². The van der Waals surface area contributed by atoms with Crippen LogP contribution >= 0.6 is 11.8 Å². The molecule has 0 aromatic heterocycles. The average molecular weight is 229 g/mol. The topological polar surface area (TPSA) is 24.7 Å². The molecule has 0 aliphatic heterocycles. The maximum Gasteiger partial charge on any atom is 0.124 e. The number of rotatable bonds is 5. The first-order valence-corrected chi connectivity index (χ1v) is 6.51. The van der Waals surface area contributed by atoms with E-state index in [1.54, 1.807) is 11.8 Å². The van der Waals surface area contributed by atoms with Crippen LogP contribution in [0.1, 0.15) is 54.4 Å². The highest BCUT2D eigenvalue weighted by Gasteiger charge is 2.25. The van der Waals surface area contributed by atoms with Gasteiger partial charge in [0.25, 0.3) is 0 Å². The summed E-state index contributed by atoms with van der Waals surface area (Å²) in [6.07, 6.45) is 2.18. The average Bonchev–Trinajstić information content (AvgIpc) is 1.99. The predicted octanol–water partition coefficient (Wildman–Crippen LogP) is 4.71. The Morgan fingerprint density at radius 2 is 1.73 bits per heavy atom. The Morgan fingerprint density at radius 3 is 2.07 bits per heavy atom. The summed E-state index contributed by atoms with van der Waals surface area (Å²) in [4.78, 5) is -0.108. The summed E-state index contributed by atoms with van der Waals surface area (Å²) in [7, 11) is 0. The molecule has 0 aromatic carbocycles. The van der Waals surface area contributed by atoms with Crippen LogP contribution in [-0.2, 0) is 0 Å². The van der Waals surface area contributed by atoms with Crippen LogP contribution in [0.15, 0.2) is 10.2 Å². The number of azo groups is 1. The third-order valence-corrected chi connectivity index (χ3v) is 2.93. The van der Waals surface area contributed by atoms with E-state index in [0.29, 0.717) is 5.25 Å². The van der Waals surface area contributed by atoms with Gasteiger partial charge in [-0.15, -0.1) is 11.8 Å². The minimum atomic E-state index is -0.108. The maximum atomic E-state index is 4.50. The van der Waals surface area contributed by atoms with Crippen LogP contribution in [0.4, 0.5) is 0 Å². The lowest BCUT2D eigenvalue weighted by molar-refractivity contribution is 0.484. The molecule has 1 radical (unpaired) electrons. The van der Waals surface area contributed by atoms with Crippen molar-refractivity contribution in [3.63, 3.8) is 0 Å². The van der Waals surface area contributed by atoms with E-state index >= 15 is 0 Å². The lowest BCUT2D eigenvalue weighted by Gasteiger charge is -2.26. The van der Waals surface area contributed by atoms with Gasteiger partial charge < -0.3 is 0 Å². The van der Waals surface area contributed by atoms with Crippen LogP contribution in [0.5, 0.6) is 0 Å². The molecule has 2 unspecified atom stereocenters. The summed E-state index contributed by atoms with van der Waals surface area (Å²) in [5.41, 5.74) is -0.0834. The van der Waals surface area contributed by atoms with Gasteiger partial charge in [0.05, 0.1) is 5.54 Å². The molecule has 0 N–H and O–H groups in total. The van der Waals surface area contributed by atoms with Crippen LogP contribution in [0.25, 0.3) is 0 Å². The Bertz CT molecular complexity index is 206. The summed E-state index contributed by atoms with van der Waals surface area (Å²) >= 11 is 1.80. The highest BCUT2D eigenvalue weighted by molar-refractivity contribution is 8.01. The third-order valence-electron chi connectivity index (χ3n) is 1.73. The smallest absolute Gasteiger partial charge is 0.124 e. The Hall–Kier alpha value is -0.0500. The largest absolute Gasteiger partial charge is 0.187 e. The Morgan fingerprint density at radius 1 is 1.20 bits per heavy atom. The molecule has 0 aliphatic carbocycles. The van der Waals surface area contributed by atoms with Crippen molar-refractivity contribution in [2.45, 2.75) is 70.0 Å². The molecule has 2 atom stereocenters. The molecule has 0 spiro atoms. The number of nitrogens with zero attached hydrogens (tertiary/aromatic N) is 2. The van der Waals surface area contributed by atoms with Gasteiger partial charge in [0.15, 0.2) is 0 Å². The number of hydrogen-bond acceptors (Lipinski definition) is 3. The molecule has 0 heterocycles. The van der Waals surface area contributed by atoms with E-state index in [9.17, 15) is 0 Å². The Kier molecular flexibility index (Phi) is 5.86. The molecule has 0 aromatic rings. The van der Waals surface area contributed by atoms with Crippen LogP contribution in [-0.4, -0.2) is 15.7 Å². The van der Waals surface area contributed by atoms with Gasteiger partial charge in [-0.1, -0.05) is 20.3 Å². The normalized spacial score (nSPS) is 17.3. The lowest BCUT2D eigenvalue weighted by Crippen LogP contribution is -2.21. The van der Waals surface area contributed by atoms with E-state index in [1.807, 2.05) is 0 Å². The van der Waals surface area contributed by atoms with Crippen LogP contribution < -0.4 is 0 Å². The predicted molar refractivity (Wildman–Crippen MR) is 70.3 cm³/mol. The lowest BCUT2D eigenvalue weighted by atomic mass is 10.1. The molecular formula is C12H25N2S. The molecule has 0 amide bonds. The molecular weight excluding hydrogens is 204 g/mol. The summed E-state index contributed by atoms with van der Waals surface area (Å²) in [5, 5.41) is 9.23. The van der Waals surface area contributed by atoms with Gasteiger partial charge >= 0.3 is 0 Å². The van der Waals surface area contributed by atoms with Crippen molar-refractivity contribution in [1.29, 1.82) is 0 Å².